The first kappa shape index (κ1) is 18.4. The fourth-order valence-electron chi connectivity index (χ4n) is 3.41. The van der Waals surface area contributed by atoms with Gasteiger partial charge in [-0.05, 0) is 24.3 Å². The molecule has 1 saturated heterocycles. The summed E-state index contributed by atoms with van der Waals surface area (Å²) in [4.78, 5) is 38.7. The molecule has 2 aromatic carbocycles. The van der Waals surface area contributed by atoms with E-state index in [1.165, 1.54) is 23.8 Å². The van der Waals surface area contributed by atoms with Gasteiger partial charge in [0.15, 0.2) is 11.5 Å². The predicted molar refractivity (Wildman–Crippen MR) is 104 cm³/mol. The number of nitrogens with zero attached hydrogens (tertiary/aromatic N) is 1. The summed E-state index contributed by atoms with van der Waals surface area (Å²) in [5.41, 5.74) is 1.26. The molecule has 1 atom stereocenters. The van der Waals surface area contributed by atoms with E-state index in [0.717, 1.165) is 4.90 Å². The number of ether oxygens (including phenoxy) is 2. The predicted octanol–water partition coefficient (Wildman–Crippen LogP) is 2.81. The summed E-state index contributed by atoms with van der Waals surface area (Å²) in [6.07, 6.45) is 0.619. The molecule has 2 heterocycles. The van der Waals surface area contributed by atoms with Crippen molar-refractivity contribution < 1.29 is 23.9 Å². The molecule has 144 valence electrons. The summed E-state index contributed by atoms with van der Waals surface area (Å²) in [6.45, 7) is -0.434. The van der Waals surface area contributed by atoms with Crippen molar-refractivity contribution in [2.75, 3.05) is 23.9 Å². The molecule has 0 spiro atoms. The van der Waals surface area contributed by atoms with Crippen LogP contribution in [0.25, 0.3) is 0 Å². The molecular weight excluding hydrogens is 380 g/mol. The van der Waals surface area contributed by atoms with Crippen LogP contribution in [0.15, 0.2) is 53.4 Å². The SMILES string of the molecule is COc1cccc(NC(=O)COC(=O)[C@]23CCC(=O)N2c2ccccc2S3)c1. The molecule has 2 aromatic rings. The van der Waals surface area contributed by atoms with E-state index in [0.29, 0.717) is 23.5 Å². The van der Waals surface area contributed by atoms with Crippen LogP contribution in [-0.4, -0.2) is 36.4 Å². The van der Waals surface area contributed by atoms with E-state index >= 15 is 0 Å². The number of methoxy groups -OCH3 is 1. The van der Waals surface area contributed by atoms with Crippen LogP contribution in [0.5, 0.6) is 5.75 Å². The number of benzene rings is 2. The van der Waals surface area contributed by atoms with Crippen LogP contribution >= 0.6 is 11.8 Å². The van der Waals surface area contributed by atoms with Gasteiger partial charge < -0.3 is 14.8 Å². The third-order valence-corrected chi connectivity index (χ3v) is 6.14. The number of rotatable bonds is 5. The molecule has 2 amide bonds. The Balaban J connectivity index is 1.44. The summed E-state index contributed by atoms with van der Waals surface area (Å²) >= 11 is 1.31. The highest BCUT2D eigenvalue weighted by Gasteiger charge is 2.58. The topological polar surface area (TPSA) is 84.9 Å². The highest BCUT2D eigenvalue weighted by Crippen LogP contribution is 2.56. The van der Waals surface area contributed by atoms with Crippen molar-refractivity contribution in [3.8, 4) is 5.75 Å². The van der Waals surface area contributed by atoms with E-state index < -0.39 is 23.4 Å². The largest absolute Gasteiger partial charge is 0.497 e. The number of carbonyl (C=O) groups is 3. The quantitative estimate of drug-likeness (QED) is 0.780. The Labute approximate surface area is 166 Å². The van der Waals surface area contributed by atoms with Crippen LogP contribution in [0.4, 0.5) is 11.4 Å². The van der Waals surface area contributed by atoms with Crippen molar-refractivity contribution in [1.29, 1.82) is 0 Å². The third-order valence-electron chi connectivity index (χ3n) is 4.68. The summed E-state index contributed by atoms with van der Waals surface area (Å²) in [5, 5.41) is 2.66. The van der Waals surface area contributed by atoms with Crippen LogP contribution in [-0.2, 0) is 19.1 Å². The number of carbonyl (C=O) groups excluding carboxylic acids is 3. The number of nitrogens with one attached hydrogen (secondary N) is 1. The minimum Gasteiger partial charge on any atom is -0.497 e. The summed E-state index contributed by atoms with van der Waals surface area (Å²) < 4.78 is 10.4. The van der Waals surface area contributed by atoms with Crippen LogP contribution in [0.2, 0.25) is 0 Å². The first-order chi connectivity index (χ1) is 13.5. The highest BCUT2D eigenvalue weighted by molar-refractivity contribution is 8.02. The lowest BCUT2D eigenvalue weighted by atomic mass is 10.2. The zero-order valence-electron chi connectivity index (χ0n) is 15.1. The lowest BCUT2D eigenvalue weighted by Crippen LogP contribution is -2.48. The normalized spacial score (nSPS) is 19.8. The number of fused-ring (bicyclic) bond motifs is 3. The van der Waals surface area contributed by atoms with Crippen molar-refractivity contribution in [3.63, 3.8) is 0 Å². The van der Waals surface area contributed by atoms with Gasteiger partial charge in [-0.3, -0.25) is 14.5 Å². The molecule has 4 rings (SSSR count). The van der Waals surface area contributed by atoms with Crippen LogP contribution in [0.1, 0.15) is 12.8 Å². The fraction of sp³-hybridized carbons (Fsp3) is 0.250. The molecule has 0 aromatic heterocycles. The minimum atomic E-state index is -1.13. The van der Waals surface area contributed by atoms with Crippen molar-refractivity contribution >= 4 is 40.9 Å². The Bertz CT molecular complexity index is 963. The molecule has 2 aliphatic rings. The minimum absolute atomic E-state index is 0.116. The van der Waals surface area contributed by atoms with Gasteiger partial charge in [0.05, 0.1) is 12.8 Å². The first-order valence-corrected chi connectivity index (χ1v) is 9.57. The molecule has 0 saturated carbocycles. The van der Waals surface area contributed by atoms with Gasteiger partial charge in [0.2, 0.25) is 5.91 Å². The average Bonchev–Trinajstić information content (AvgIpc) is 3.22. The van der Waals surface area contributed by atoms with E-state index in [-0.39, 0.29) is 12.3 Å². The van der Waals surface area contributed by atoms with Gasteiger partial charge in [-0.2, -0.15) is 0 Å². The molecule has 1 fully saturated rings. The van der Waals surface area contributed by atoms with Crippen molar-refractivity contribution in [2.24, 2.45) is 0 Å². The molecule has 0 unspecified atom stereocenters. The standard InChI is InChI=1S/C20H18N2O5S/c1-26-14-6-4-5-13(11-14)21-17(23)12-27-19(25)20-10-9-18(24)22(20)15-7-2-3-8-16(15)28-20/h2-8,11H,9-10,12H2,1H3,(H,21,23)/t20-/m1/s1. The number of para-hydroxylation sites is 1. The molecular formula is C20H18N2O5S. The van der Waals surface area contributed by atoms with E-state index in [1.807, 2.05) is 24.3 Å². The van der Waals surface area contributed by atoms with E-state index in [2.05, 4.69) is 5.32 Å². The van der Waals surface area contributed by atoms with Crippen molar-refractivity contribution in [2.45, 2.75) is 22.6 Å². The third kappa shape index (κ3) is 3.09. The monoisotopic (exact) mass is 398 g/mol. The molecule has 0 radical (unpaired) electrons. The van der Waals surface area contributed by atoms with Gasteiger partial charge >= 0.3 is 5.97 Å². The van der Waals surface area contributed by atoms with Gasteiger partial charge in [0.1, 0.15) is 5.75 Å². The van der Waals surface area contributed by atoms with Gasteiger partial charge in [0.25, 0.3) is 5.91 Å². The zero-order chi connectivity index (χ0) is 19.7. The van der Waals surface area contributed by atoms with E-state index in [4.69, 9.17) is 9.47 Å². The van der Waals surface area contributed by atoms with E-state index in [1.54, 1.807) is 24.3 Å². The Morgan fingerprint density at radius 1 is 1.21 bits per heavy atom. The molecule has 7 nitrogen and oxygen atoms in total. The molecule has 8 heteroatoms. The summed E-state index contributed by atoms with van der Waals surface area (Å²) in [7, 11) is 1.54. The lowest BCUT2D eigenvalue weighted by Gasteiger charge is -2.28. The summed E-state index contributed by atoms with van der Waals surface area (Å²) in [5.74, 6) is -0.557. The number of hydrogen-bond acceptors (Lipinski definition) is 6. The average molecular weight is 398 g/mol. The number of anilines is 2. The smallest absolute Gasteiger partial charge is 0.344 e. The molecule has 28 heavy (non-hydrogen) atoms. The summed E-state index contributed by atoms with van der Waals surface area (Å²) in [6, 6.07) is 14.3. The van der Waals surface area contributed by atoms with Crippen LogP contribution in [0, 0.1) is 0 Å². The Morgan fingerprint density at radius 2 is 2.04 bits per heavy atom. The molecule has 1 N–H and O–H groups in total. The number of esters is 1. The Kier molecular flexibility index (Phi) is 4.72. The fourth-order valence-corrected chi connectivity index (χ4v) is 4.83. The zero-order valence-corrected chi connectivity index (χ0v) is 16.0. The maximum atomic E-state index is 12.9. The maximum Gasteiger partial charge on any atom is 0.344 e. The van der Waals surface area contributed by atoms with Gasteiger partial charge in [-0.15, -0.1) is 0 Å². The molecule has 0 bridgehead atoms. The van der Waals surface area contributed by atoms with Gasteiger partial charge in [0, 0.05) is 29.5 Å². The Morgan fingerprint density at radius 3 is 2.86 bits per heavy atom. The van der Waals surface area contributed by atoms with Crippen LogP contribution < -0.4 is 15.0 Å². The molecule has 2 aliphatic heterocycles. The molecule has 0 aliphatic carbocycles. The second-order valence-corrected chi connectivity index (χ2v) is 7.76. The highest BCUT2D eigenvalue weighted by atomic mass is 32.2. The van der Waals surface area contributed by atoms with Crippen LogP contribution in [0.3, 0.4) is 0 Å². The lowest BCUT2D eigenvalue weighted by molar-refractivity contribution is -0.149. The first-order valence-electron chi connectivity index (χ1n) is 8.76. The number of amides is 2. The second kappa shape index (κ2) is 7.20. The van der Waals surface area contributed by atoms with Gasteiger partial charge in [-0.25, -0.2) is 4.79 Å². The number of hydrogen-bond donors (Lipinski definition) is 1. The Hall–Kier alpha value is -3.00. The maximum absolute atomic E-state index is 12.9. The number of thioether (sulfide) groups is 1. The second-order valence-electron chi connectivity index (χ2n) is 6.44. The van der Waals surface area contributed by atoms with Gasteiger partial charge in [-0.1, -0.05) is 30.0 Å². The van der Waals surface area contributed by atoms with E-state index in [9.17, 15) is 14.4 Å². The van der Waals surface area contributed by atoms with Crippen molar-refractivity contribution in [3.05, 3.63) is 48.5 Å². The van der Waals surface area contributed by atoms with Crippen molar-refractivity contribution in [1.82, 2.24) is 0 Å².